The molecule has 0 unspecified atom stereocenters. The molecule has 1 aliphatic heterocycles. The van der Waals surface area contributed by atoms with E-state index < -0.39 is 9.84 Å². The number of benzene rings is 1. The number of hydrogen-bond acceptors (Lipinski definition) is 5. The predicted octanol–water partition coefficient (Wildman–Crippen LogP) is 0.571. The normalized spacial score (nSPS) is 20.0. The molecule has 0 bridgehead atoms. The van der Waals surface area contributed by atoms with Gasteiger partial charge in [-0.15, -0.1) is 0 Å². The molecule has 1 amide bonds. The molecule has 7 heteroatoms. The highest BCUT2D eigenvalue weighted by atomic mass is 32.2. The Morgan fingerprint density at radius 1 is 1.29 bits per heavy atom. The van der Waals surface area contributed by atoms with Crippen molar-refractivity contribution in [3.05, 3.63) is 29.8 Å². The monoisotopic (exact) mass is 311 g/mol. The predicted molar refractivity (Wildman–Crippen MR) is 77.1 cm³/mol. The SMILES string of the molecule is CC(=O)c1ccc(OCC(=O)N[C@H]2CCS(=O)(=O)C2)cc1. The molecule has 0 aromatic heterocycles. The number of rotatable bonds is 5. The number of ketones is 1. The molecule has 1 fully saturated rings. The first kappa shape index (κ1) is 15.5. The maximum Gasteiger partial charge on any atom is 0.258 e. The maximum atomic E-state index is 11.7. The Bertz CT molecular complexity index is 636. The van der Waals surface area contributed by atoms with Crippen LogP contribution in [0.4, 0.5) is 0 Å². The minimum absolute atomic E-state index is 0.00789. The largest absolute Gasteiger partial charge is 0.484 e. The highest BCUT2D eigenvalue weighted by Crippen LogP contribution is 2.13. The minimum atomic E-state index is -3.01. The molecule has 1 atom stereocenters. The van der Waals surface area contributed by atoms with E-state index in [9.17, 15) is 18.0 Å². The highest BCUT2D eigenvalue weighted by molar-refractivity contribution is 7.91. The third-order valence-corrected chi connectivity index (χ3v) is 5.00. The Kier molecular flexibility index (Phi) is 4.62. The molecule has 1 aromatic rings. The third kappa shape index (κ3) is 4.56. The van der Waals surface area contributed by atoms with Gasteiger partial charge in [0.1, 0.15) is 5.75 Å². The summed E-state index contributed by atoms with van der Waals surface area (Å²) in [5, 5.41) is 2.64. The lowest BCUT2D eigenvalue weighted by molar-refractivity contribution is -0.123. The van der Waals surface area contributed by atoms with Crippen molar-refractivity contribution in [2.45, 2.75) is 19.4 Å². The molecular weight excluding hydrogens is 294 g/mol. The van der Waals surface area contributed by atoms with Crippen LogP contribution >= 0.6 is 0 Å². The van der Waals surface area contributed by atoms with Crippen molar-refractivity contribution in [1.29, 1.82) is 0 Å². The number of carbonyl (C=O) groups is 2. The molecule has 1 heterocycles. The number of Topliss-reactive ketones (excluding diaryl/α,β-unsaturated/α-hetero) is 1. The Morgan fingerprint density at radius 2 is 1.95 bits per heavy atom. The van der Waals surface area contributed by atoms with Crippen molar-refractivity contribution in [2.24, 2.45) is 0 Å². The van der Waals surface area contributed by atoms with Crippen LogP contribution in [0.2, 0.25) is 0 Å². The number of hydrogen-bond donors (Lipinski definition) is 1. The molecule has 0 aliphatic carbocycles. The Morgan fingerprint density at radius 3 is 2.48 bits per heavy atom. The van der Waals surface area contributed by atoms with Gasteiger partial charge in [0.05, 0.1) is 11.5 Å². The second-order valence-corrected chi connectivity index (χ2v) is 7.27. The van der Waals surface area contributed by atoms with Crippen LogP contribution in [-0.4, -0.2) is 44.3 Å². The van der Waals surface area contributed by atoms with Gasteiger partial charge < -0.3 is 10.1 Å². The molecule has 0 radical (unpaired) electrons. The molecule has 1 aromatic carbocycles. The first-order valence-corrected chi connectivity index (χ1v) is 8.41. The zero-order chi connectivity index (χ0) is 15.5. The van der Waals surface area contributed by atoms with Gasteiger partial charge in [0.2, 0.25) is 0 Å². The first-order chi connectivity index (χ1) is 9.85. The minimum Gasteiger partial charge on any atom is -0.484 e. The summed E-state index contributed by atoms with van der Waals surface area (Å²) in [5.41, 5.74) is 0.572. The molecule has 114 valence electrons. The van der Waals surface area contributed by atoms with E-state index in [2.05, 4.69) is 5.32 Å². The maximum absolute atomic E-state index is 11.7. The van der Waals surface area contributed by atoms with Crippen LogP contribution in [0.15, 0.2) is 24.3 Å². The van der Waals surface area contributed by atoms with E-state index >= 15 is 0 Å². The number of ether oxygens (including phenoxy) is 1. The smallest absolute Gasteiger partial charge is 0.258 e. The van der Waals surface area contributed by atoms with Gasteiger partial charge in [0.15, 0.2) is 22.2 Å². The Hall–Kier alpha value is -1.89. The zero-order valence-corrected chi connectivity index (χ0v) is 12.5. The third-order valence-electron chi connectivity index (χ3n) is 3.23. The molecule has 1 N–H and O–H groups in total. The molecule has 0 saturated carbocycles. The van der Waals surface area contributed by atoms with E-state index in [1.807, 2.05) is 0 Å². The van der Waals surface area contributed by atoms with Crippen molar-refractivity contribution in [1.82, 2.24) is 5.32 Å². The van der Waals surface area contributed by atoms with Crippen LogP contribution in [-0.2, 0) is 14.6 Å². The van der Waals surface area contributed by atoms with Crippen LogP contribution in [0, 0.1) is 0 Å². The average Bonchev–Trinajstić information content (AvgIpc) is 2.76. The van der Waals surface area contributed by atoms with Gasteiger partial charge in [0.25, 0.3) is 5.91 Å². The molecule has 6 nitrogen and oxygen atoms in total. The number of amides is 1. The number of sulfone groups is 1. The van der Waals surface area contributed by atoms with E-state index in [-0.39, 0.29) is 35.8 Å². The van der Waals surface area contributed by atoms with Gasteiger partial charge in [-0.05, 0) is 37.6 Å². The Labute approximate surface area is 123 Å². The fourth-order valence-corrected chi connectivity index (χ4v) is 3.79. The fraction of sp³-hybridized carbons (Fsp3) is 0.429. The number of carbonyl (C=O) groups excluding carboxylic acids is 2. The van der Waals surface area contributed by atoms with Gasteiger partial charge in [-0.2, -0.15) is 0 Å². The summed E-state index contributed by atoms with van der Waals surface area (Å²) in [6.07, 6.45) is 0.446. The topological polar surface area (TPSA) is 89.5 Å². The summed E-state index contributed by atoms with van der Waals surface area (Å²) < 4.78 is 27.8. The summed E-state index contributed by atoms with van der Waals surface area (Å²) in [7, 11) is -3.01. The van der Waals surface area contributed by atoms with E-state index in [0.29, 0.717) is 17.7 Å². The summed E-state index contributed by atoms with van der Waals surface area (Å²) in [5.74, 6) is 0.195. The summed E-state index contributed by atoms with van der Waals surface area (Å²) in [4.78, 5) is 22.8. The summed E-state index contributed by atoms with van der Waals surface area (Å²) in [6.45, 7) is 1.29. The van der Waals surface area contributed by atoms with Crippen LogP contribution in [0.3, 0.4) is 0 Å². The van der Waals surface area contributed by atoms with Crippen molar-refractivity contribution in [3.63, 3.8) is 0 Å². The van der Waals surface area contributed by atoms with E-state index in [1.54, 1.807) is 24.3 Å². The lowest BCUT2D eigenvalue weighted by Crippen LogP contribution is -2.38. The lowest BCUT2D eigenvalue weighted by Gasteiger charge is -2.11. The van der Waals surface area contributed by atoms with E-state index in [4.69, 9.17) is 4.74 Å². The second kappa shape index (κ2) is 6.26. The van der Waals surface area contributed by atoms with Crippen LogP contribution in [0.25, 0.3) is 0 Å². The molecule has 1 aliphatic rings. The average molecular weight is 311 g/mol. The summed E-state index contributed by atoms with van der Waals surface area (Å²) in [6, 6.07) is 6.15. The second-order valence-electron chi connectivity index (χ2n) is 5.04. The molecule has 0 spiro atoms. The Balaban J connectivity index is 1.80. The van der Waals surface area contributed by atoms with Crippen LogP contribution in [0.1, 0.15) is 23.7 Å². The molecule has 21 heavy (non-hydrogen) atoms. The molecule has 1 saturated heterocycles. The van der Waals surface area contributed by atoms with Crippen LogP contribution < -0.4 is 10.1 Å². The van der Waals surface area contributed by atoms with Gasteiger partial charge >= 0.3 is 0 Å². The lowest BCUT2D eigenvalue weighted by atomic mass is 10.1. The summed E-state index contributed by atoms with van der Waals surface area (Å²) >= 11 is 0. The molecule has 2 rings (SSSR count). The molecular formula is C14H17NO5S. The quantitative estimate of drug-likeness (QED) is 0.803. The number of nitrogens with one attached hydrogen (secondary N) is 1. The standard InChI is InChI=1S/C14H17NO5S/c1-10(16)11-2-4-13(5-3-11)20-8-14(17)15-12-6-7-21(18,19)9-12/h2-5,12H,6-9H2,1H3,(H,15,17)/t12-/m0/s1. The van der Waals surface area contributed by atoms with Gasteiger partial charge in [-0.25, -0.2) is 8.42 Å². The van der Waals surface area contributed by atoms with Crippen molar-refractivity contribution < 1.29 is 22.7 Å². The van der Waals surface area contributed by atoms with Crippen molar-refractivity contribution >= 4 is 21.5 Å². The van der Waals surface area contributed by atoms with Gasteiger partial charge in [-0.1, -0.05) is 0 Å². The van der Waals surface area contributed by atoms with Gasteiger partial charge in [0, 0.05) is 11.6 Å². The van der Waals surface area contributed by atoms with Gasteiger partial charge in [-0.3, -0.25) is 9.59 Å². The van der Waals surface area contributed by atoms with Crippen molar-refractivity contribution in [2.75, 3.05) is 18.1 Å². The fourth-order valence-electron chi connectivity index (χ4n) is 2.11. The van der Waals surface area contributed by atoms with E-state index in [1.165, 1.54) is 6.92 Å². The van der Waals surface area contributed by atoms with Crippen molar-refractivity contribution in [3.8, 4) is 5.75 Å². The van der Waals surface area contributed by atoms with E-state index in [0.717, 1.165) is 0 Å². The first-order valence-electron chi connectivity index (χ1n) is 6.59. The highest BCUT2D eigenvalue weighted by Gasteiger charge is 2.28. The van der Waals surface area contributed by atoms with Crippen LogP contribution in [0.5, 0.6) is 5.75 Å². The zero-order valence-electron chi connectivity index (χ0n) is 11.7.